The Hall–Kier alpha value is -1.84. The molecule has 0 fully saturated rings. The molecule has 0 saturated heterocycles. The third-order valence-electron chi connectivity index (χ3n) is 3.12. The lowest BCUT2D eigenvalue weighted by Crippen LogP contribution is -1.96. The fourth-order valence-electron chi connectivity index (χ4n) is 1.99. The van der Waals surface area contributed by atoms with Crippen LogP contribution in [0.2, 0.25) is 0 Å². The molecule has 0 spiro atoms. The quantitative estimate of drug-likeness (QED) is 0.871. The molecule has 2 rings (SSSR count). The van der Waals surface area contributed by atoms with Crippen molar-refractivity contribution < 1.29 is 14.6 Å². The van der Waals surface area contributed by atoms with E-state index in [1.54, 1.807) is 14.0 Å². The standard InChI is InChI=1S/C17H20O3/c1-13(18)16-5-3-4-6-17(16)20-15-9-7-14(8-10-15)11-12-19-2/h3-10,13,18H,11-12H2,1-2H3/t13-/m1/s1. The van der Waals surface area contributed by atoms with Crippen molar-refractivity contribution >= 4 is 0 Å². The third kappa shape index (κ3) is 3.83. The van der Waals surface area contributed by atoms with Crippen LogP contribution in [0.15, 0.2) is 48.5 Å². The van der Waals surface area contributed by atoms with Gasteiger partial charge in [-0.3, -0.25) is 0 Å². The molecule has 2 aromatic carbocycles. The maximum atomic E-state index is 9.73. The lowest BCUT2D eigenvalue weighted by atomic mass is 10.1. The highest BCUT2D eigenvalue weighted by Crippen LogP contribution is 2.29. The van der Waals surface area contributed by atoms with Gasteiger partial charge in [0.1, 0.15) is 11.5 Å². The Bertz CT molecular complexity index is 532. The van der Waals surface area contributed by atoms with Crippen molar-refractivity contribution in [3.8, 4) is 11.5 Å². The Labute approximate surface area is 119 Å². The molecule has 0 aliphatic rings. The van der Waals surface area contributed by atoms with Gasteiger partial charge in [0.05, 0.1) is 12.7 Å². The largest absolute Gasteiger partial charge is 0.457 e. The maximum absolute atomic E-state index is 9.73. The smallest absolute Gasteiger partial charge is 0.133 e. The second kappa shape index (κ2) is 7.08. The van der Waals surface area contributed by atoms with Crippen LogP contribution < -0.4 is 4.74 Å². The zero-order valence-electron chi connectivity index (χ0n) is 11.9. The lowest BCUT2D eigenvalue weighted by Gasteiger charge is -2.13. The molecule has 0 heterocycles. The molecule has 0 aromatic heterocycles. The van der Waals surface area contributed by atoms with Gasteiger partial charge >= 0.3 is 0 Å². The summed E-state index contributed by atoms with van der Waals surface area (Å²) in [5.41, 5.74) is 2.00. The second-order valence-corrected chi connectivity index (χ2v) is 4.70. The molecule has 0 aliphatic carbocycles. The summed E-state index contributed by atoms with van der Waals surface area (Å²) in [4.78, 5) is 0. The van der Waals surface area contributed by atoms with Gasteiger partial charge < -0.3 is 14.6 Å². The third-order valence-corrected chi connectivity index (χ3v) is 3.12. The summed E-state index contributed by atoms with van der Waals surface area (Å²) in [7, 11) is 1.70. The Balaban J connectivity index is 2.10. The van der Waals surface area contributed by atoms with E-state index in [1.165, 1.54) is 5.56 Å². The van der Waals surface area contributed by atoms with Crippen molar-refractivity contribution in [1.29, 1.82) is 0 Å². The first-order chi connectivity index (χ1) is 9.70. The molecule has 1 N–H and O–H groups in total. The number of aliphatic hydroxyl groups is 1. The van der Waals surface area contributed by atoms with Crippen molar-refractivity contribution in [2.45, 2.75) is 19.4 Å². The van der Waals surface area contributed by atoms with E-state index in [4.69, 9.17) is 9.47 Å². The van der Waals surface area contributed by atoms with E-state index in [0.717, 1.165) is 17.7 Å². The van der Waals surface area contributed by atoms with Crippen LogP contribution in [0.3, 0.4) is 0 Å². The number of aliphatic hydroxyl groups excluding tert-OH is 1. The first-order valence-corrected chi connectivity index (χ1v) is 6.73. The summed E-state index contributed by atoms with van der Waals surface area (Å²) in [5.74, 6) is 1.45. The van der Waals surface area contributed by atoms with Crippen LogP contribution in [-0.2, 0) is 11.2 Å². The predicted molar refractivity (Wildman–Crippen MR) is 79.2 cm³/mol. The van der Waals surface area contributed by atoms with Crippen molar-refractivity contribution in [3.63, 3.8) is 0 Å². The molecule has 0 bridgehead atoms. The zero-order chi connectivity index (χ0) is 14.4. The Morgan fingerprint density at radius 2 is 1.75 bits per heavy atom. The molecule has 1 atom stereocenters. The van der Waals surface area contributed by atoms with E-state index in [0.29, 0.717) is 12.4 Å². The highest BCUT2D eigenvalue weighted by molar-refractivity contribution is 5.39. The molecule has 0 saturated carbocycles. The minimum Gasteiger partial charge on any atom is -0.457 e. The van der Waals surface area contributed by atoms with Crippen LogP contribution in [-0.4, -0.2) is 18.8 Å². The van der Waals surface area contributed by atoms with E-state index < -0.39 is 6.10 Å². The summed E-state index contributed by atoms with van der Waals surface area (Å²) < 4.78 is 10.9. The number of benzene rings is 2. The SMILES string of the molecule is COCCc1ccc(Oc2ccccc2[C@@H](C)O)cc1. The monoisotopic (exact) mass is 272 g/mol. The molecule has 0 unspecified atom stereocenters. The van der Waals surface area contributed by atoms with E-state index in [2.05, 4.69) is 0 Å². The Morgan fingerprint density at radius 1 is 1.05 bits per heavy atom. The maximum Gasteiger partial charge on any atom is 0.133 e. The average Bonchev–Trinajstić information content (AvgIpc) is 2.47. The molecular weight excluding hydrogens is 252 g/mol. The molecule has 0 amide bonds. The number of methoxy groups -OCH3 is 1. The molecule has 0 aliphatic heterocycles. The van der Waals surface area contributed by atoms with Gasteiger partial charge in [0.15, 0.2) is 0 Å². The summed E-state index contributed by atoms with van der Waals surface area (Å²) in [6.45, 7) is 2.45. The Morgan fingerprint density at radius 3 is 2.40 bits per heavy atom. The number of rotatable bonds is 6. The molecule has 3 nitrogen and oxygen atoms in total. The van der Waals surface area contributed by atoms with Crippen molar-refractivity contribution in [2.75, 3.05) is 13.7 Å². The summed E-state index contributed by atoms with van der Waals surface area (Å²) in [6.07, 6.45) is 0.341. The van der Waals surface area contributed by atoms with E-state index >= 15 is 0 Å². The average molecular weight is 272 g/mol. The molecule has 0 radical (unpaired) electrons. The minimum atomic E-state index is -0.549. The first-order valence-electron chi connectivity index (χ1n) is 6.73. The number of hydrogen-bond donors (Lipinski definition) is 1. The van der Waals surface area contributed by atoms with Crippen LogP contribution in [0, 0.1) is 0 Å². The van der Waals surface area contributed by atoms with Crippen LogP contribution in [0.25, 0.3) is 0 Å². The van der Waals surface area contributed by atoms with Crippen molar-refractivity contribution in [2.24, 2.45) is 0 Å². The molecule has 3 heteroatoms. The van der Waals surface area contributed by atoms with Crippen molar-refractivity contribution in [3.05, 3.63) is 59.7 Å². The fraction of sp³-hybridized carbons (Fsp3) is 0.294. The highest BCUT2D eigenvalue weighted by atomic mass is 16.5. The lowest BCUT2D eigenvalue weighted by molar-refractivity contribution is 0.195. The van der Waals surface area contributed by atoms with Gasteiger partial charge in [-0.15, -0.1) is 0 Å². The van der Waals surface area contributed by atoms with Crippen LogP contribution in [0.1, 0.15) is 24.2 Å². The predicted octanol–water partition coefficient (Wildman–Crippen LogP) is 3.72. The summed E-state index contributed by atoms with van der Waals surface area (Å²) >= 11 is 0. The van der Waals surface area contributed by atoms with Gasteiger partial charge in [-0.25, -0.2) is 0 Å². The summed E-state index contributed by atoms with van der Waals surface area (Å²) in [6, 6.07) is 15.4. The van der Waals surface area contributed by atoms with Crippen LogP contribution in [0.5, 0.6) is 11.5 Å². The van der Waals surface area contributed by atoms with E-state index in [1.807, 2.05) is 48.5 Å². The van der Waals surface area contributed by atoms with E-state index in [-0.39, 0.29) is 0 Å². The number of hydrogen-bond acceptors (Lipinski definition) is 3. The topological polar surface area (TPSA) is 38.7 Å². The normalized spacial score (nSPS) is 12.2. The van der Waals surface area contributed by atoms with Crippen molar-refractivity contribution in [1.82, 2.24) is 0 Å². The molecule has 2 aromatic rings. The van der Waals surface area contributed by atoms with Gasteiger partial charge in [0.25, 0.3) is 0 Å². The molecule has 20 heavy (non-hydrogen) atoms. The Kier molecular flexibility index (Phi) is 5.16. The highest BCUT2D eigenvalue weighted by Gasteiger charge is 2.08. The minimum absolute atomic E-state index is 0.549. The van der Waals surface area contributed by atoms with Gasteiger partial charge in [-0.2, -0.15) is 0 Å². The van der Waals surface area contributed by atoms with Gasteiger partial charge in [-0.05, 0) is 37.1 Å². The van der Waals surface area contributed by atoms with Crippen LogP contribution >= 0.6 is 0 Å². The van der Waals surface area contributed by atoms with Gasteiger partial charge in [-0.1, -0.05) is 30.3 Å². The molecular formula is C17H20O3. The fourth-order valence-corrected chi connectivity index (χ4v) is 1.99. The summed E-state index contributed by atoms with van der Waals surface area (Å²) in [5, 5.41) is 9.73. The van der Waals surface area contributed by atoms with Crippen LogP contribution in [0.4, 0.5) is 0 Å². The first kappa shape index (κ1) is 14.6. The number of para-hydroxylation sites is 1. The number of ether oxygens (including phenoxy) is 2. The second-order valence-electron chi connectivity index (χ2n) is 4.70. The van der Waals surface area contributed by atoms with E-state index in [9.17, 15) is 5.11 Å². The van der Waals surface area contributed by atoms with Gasteiger partial charge in [0.2, 0.25) is 0 Å². The van der Waals surface area contributed by atoms with Gasteiger partial charge in [0, 0.05) is 12.7 Å². The zero-order valence-corrected chi connectivity index (χ0v) is 11.9. The molecule has 106 valence electrons.